The van der Waals surface area contributed by atoms with Gasteiger partial charge in [0.05, 0.1) is 5.69 Å². The lowest BCUT2D eigenvalue weighted by Crippen LogP contribution is -2.12. The van der Waals surface area contributed by atoms with Crippen LogP contribution in [-0.2, 0) is 0 Å². The molecule has 0 spiro atoms. The fourth-order valence-electron chi connectivity index (χ4n) is 3.01. The lowest BCUT2D eigenvalue weighted by atomic mass is 10.1. The molecule has 1 aromatic heterocycles. The van der Waals surface area contributed by atoms with E-state index in [1.54, 1.807) is 18.2 Å². The second kappa shape index (κ2) is 8.53. The molecule has 1 heterocycles. The minimum absolute atomic E-state index is 0.283. The molecule has 1 amide bonds. The van der Waals surface area contributed by atoms with Crippen LogP contribution in [0.1, 0.15) is 16.2 Å². The third kappa shape index (κ3) is 4.67. The van der Waals surface area contributed by atoms with Crippen molar-refractivity contribution in [1.82, 2.24) is 9.97 Å². The summed E-state index contributed by atoms with van der Waals surface area (Å²) in [4.78, 5) is 21.5. The maximum atomic E-state index is 13.0. The SMILES string of the molecule is Cc1nc(Nc2cccc(C(=O)Nc3ccc(F)cc3)c2)cc(-c2ccccc2)n1. The van der Waals surface area contributed by atoms with Gasteiger partial charge < -0.3 is 10.6 Å². The van der Waals surface area contributed by atoms with Gasteiger partial charge in [0.1, 0.15) is 17.5 Å². The number of carbonyl (C=O) groups excluding carboxylic acids is 1. The molecule has 6 heteroatoms. The highest BCUT2D eigenvalue weighted by molar-refractivity contribution is 6.04. The van der Waals surface area contributed by atoms with Crippen LogP contribution in [0, 0.1) is 12.7 Å². The Morgan fingerprint density at radius 1 is 0.833 bits per heavy atom. The Morgan fingerprint density at radius 2 is 1.60 bits per heavy atom. The number of nitrogens with zero attached hydrogens (tertiary/aromatic N) is 2. The fraction of sp³-hybridized carbons (Fsp3) is 0.0417. The normalized spacial score (nSPS) is 10.5. The van der Waals surface area contributed by atoms with Crippen LogP contribution in [0.15, 0.2) is 84.9 Å². The molecule has 0 bridgehead atoms. The molecule has 4 aromatic rings. The van der Waals surface area contributed by atoms with Crippen molar-refractivity contribution in [2.45, 2.75) is 6.92 Å². The monoisotopic (exact) mass is 398 g/mol. The van der Waals surface area contributed by atoms with Gasteiger partial charge in [-0.3, -0.25) is 4.79 Å². The summed E-state index contributed by atoms with van der Waals surface area (Å²) >= 11 is 0. The van der Waals surface area contributed by atoms with E-state index in [4.69, 9.17) is 0 Å². The summed E-state index contributed by atoms with van der Waals surface area (Å²) in [5, 5.41) is 6.00. The standard InChI is InChI=1S/C24H19FN4O/c1-16-26-22(17-6-3-2-4-7-17)15-23(27-16)28-21-9-5-8-18(14-21)24(30)29-20-12-10-19(25)11-13-20/h2-15H,1H3,(H,29,30)(H,26,27,28). The average Bonchev–Trinajstić information content (AvgIpc) is 2.76. The molecular formula is C24H19FN4O. The van der Waals surface area contributed by atoms with E-state index in [0.29, 0.717) is 22.9 Å². The summed E-state index contributed by atoms with van der Waals surface area (Å²) < 4.78 is 13.0. The smallest absolute Gasteiger partial charge is 0.255 e. The summed E-state index contributed by atoms with van der Waals surface area (Å²) in [7, 11) is 0. The van der Waals surface area contributed by atoms with E-state index in [0.717, 1.165) is 16.9 Å². The van der Waals surface area contributed by atoms with Crippen LogP contribution in [0.4, 0.5) is 21.6 Å². The van der Waals surface area contributed by atoms with E-state index in [9.17, 15) is 9.18 Å². The predicted octanol–water partition coefficient (Wildman–Crippen LogP) is 5.59. The quantitative estimate of drug-likeness (QED) is 0.460. The molecule has 0 aliphatic carbocycles. The number of aryl methyl sites for hydroxylation is 1. The molecule has 5 nitrogen and oxygen atoms in total. The van der Waals surface area contributed by atoms with Crippen LogP contribution in [0.2, 0.25) is 0 Å². The molecular weight excluding hydrogens is 379 g/mol. The summed E-state index contributed by atoms with van der Waals surface area (Å²) in [6.07, 6.45) is 0. The molecule has 4 rings (SSSR count). The predicted molar refractivity (Wildman–Crippen MR) is 116 cm³/mol. The Morgan fingerprint density at radius 3 is 2.37 bits per heavy atom. The number of benzene rings is 3. The minimum atomic E-state index is -0.353. The fourth-order valence-corrected chi connectivity index (χ4v) is 3.01. The molecule has 0 radical (unpaired) electrons. The van der Waals surface area contributed by atoms with Crippen LogP contribution in [-0.4, -0.2) is 15.9 Å². The highest BCUT2D eigenvalue weighted by atomic mass is 19.1. The van der Waals surface area contributed by atoms with Gasteiger partial charge in [-0.25, -0.2) is 14.4 Å². The number of carbonyl (C=O) groups is 1. The van der Waals surface area contributed by atoms with Crippen molar-refractivity contribution >= 4 is 23.1 Å². The maximum absolute atomic E-state index is 13.0. The molecule has 0 atom stereocenters. The van der Waals surface area contributed by atoms with E-state index in [-0.39, 0.29) is 11.7 Å². The first-order chi connectivity index (χ1) is 14.6. The zero-order valence-electron chi connectivity index (χ0n) is 16.3. The number of amides is 1. The number of hydrogen-bond acceptors (Lipinski definition) is 4. The molecule has 148 valence electrons. The highest BCUT2D eigenvalue weighted by Crippen LogP contribution is 2.23. The maximum Gasteiger partial charge on any atom is 0.255 e. The van der Waals surface area contributed by atoms with Gasteiger partial charge in [0, 0.05) is 28.6 Å². The second-order valence-electron chi connectivity index (χ2n) is 6.72. The molecule has 30 heavy (non-hydrogen) atoms. The molecule has 3 aromatic carbocycles. The number of rotatable bonds is 5. The first-order valence-electron chi connectivity index (χ1n) is 9.42. The lowest BCUT2D eigenvalue weighted by Gasteiger charge is -2.10. The van der Waals surface area contributed by atoms with Crippen LogP contribution >= 0.6 is 0 Å². The van der Waals surface area contributed by atoms with Gasteiger partial charge in [0.15, 0.2) is 0 Å². The van der Waals surface area contributed by atoms with Crippen molar-refractivity contribution in [3.8, 4) is 11.3 Å². The first kappa shape index (κ1) is 19.3. The average molecular weight is 398 g/mol. The lowest BCUT2D eigenvalue weighted by molar-refractivity contribution is 0.102. The van der Waals surface area contributed by atoms with Crippen LogP contribution < -0.4 is 10.6 Å². The van der Waals surface area contributed by atoms with Crippen molar-refractivity contribution < 1.29 is 9.18 Å². The first-order valence-corrected chi connectivity index (χ1v) is 9.42. The number of nitrogens with one attached hydrogen (secondary N) is 2. The van der Waals surface area contributed by atoms with Gasteiger partial charge in [-0.2, -0.15) is 0 Å². The van der Waals surface area contributed by atoms with E-state index >= 15 is 0 Å². The molecule has 2 N–H and O–H groups in total. The van der Waals surface area contributed by atoms with E-state index < -0.39 is 0 Å². The summed E-state index contributed by atoms with van der Waals surface area (Å²) in [5.41, 5.74) is 3.53. The summed E-state index contributed by atoms with van der Waals surface area (Å²) in [6, 6.07) is 24.5. The van der Waals surface area contributed by atoms with Crippen LogP contribution in [0.25, 0.3) is 11.3 Å². The second-order valence-corrected chi connectivity index (χ2v) is 6.72. The van der Waals surface area contributed by atoms with Gasteiger partial charge in [0.2, 0.25) is 0 Å². The van der Waals surface area contributed by atoms with Crippen LogP contribution in [0.5, 0.6) is 0 Å². The van der Waals surface area contributed by atoms with Crippen molar-refractivity contribution in [2.75, 3.05) is 10.6 Å². The van der Waals surface area contributed by atoms with Crippen molar-refractivity contribution in [1.29, 1.82) is 0 Å². The summed E-state index contributed by atoms with van der Waals surface area (Å²) in [6.45, 7) is 1.84. The molecule has 0 saturated carbocycles. The summed E-state index contributed by atoms with van der Waals surface area (Å²) in [5.74, 6) is 0.643. The molecule has 0 saturated heterocycles. The van der Waals surface area contributed by atoms with Crippen molar-refractivity contribution in [3.05, 3.63) is 102 Å². The molecule has 0 fully saturated rings. The molecule has 0 aliphatic heterocycles. The van der Waals surface area contributed by atoms with E-state index in [1.807, 2.05) is 49.4 Å². The zero-order chi connectivity index (χ0) is 20.9. The number of hydrogen-bond donors (Lipinski definition) is 2. The Bertz CT molecular complexity index is 1180. The van der Waals surface area contributed by atoms with E-state index in [1.165, 1.54) is 24.3 Å². The minimum Gasteiger partial charge on any atom is -0.340 e. The highest BCUT2D eigenvalue weighted by Gasteiger charge is 2.09. The largest absolute Gasteiger partial charge is 0.340 e. The number of halogens is 1. The Labute approximate surface area is 173 Å². The number of aromatic nitrogens is 2. The Balaban J connectivity index is 1.54. The van der Waals surface area contributed by atoms with Crippen LogP contribution in [0.3, 0.4) is 0 Å². The topological polar surface area (TPSA) is 66.9 Å². The van der Waals surface area contributed by atoms with Crippen molar-refractivity contribution in [2.24, 2.45) is 0 Å². The van der Waals surface area contributed by atoms with E-state index in [2.05, 4.69) is 20.6 Å². The van der Waals surface area contributed by atoms with Gasteiger partial charge in [-0.05, 0) is 49.4 Å². The molecule has 0 unspecified atom stereocenters. The zero-order valence-corrected chi connectivity index (χ0v) is 16.3. The van der Waals surface area contributed by atoms with Gasteiger partial charge in [0.25, 0.3) is 5.91 Å². The van der Waals surface area contributed by atoms with Gasteiger partial charge in [-0.15, -0.1) is 0 Å². The van der Waals surface area contributed by atoms with Gasteiger partial charge in [-0.1, -0.05) is 36.4 Å². The third-order valence-corrected chi connectivity index (χ3v) is 4.41. The third-order valence-electron chi connectivity index (χ3n) is 4.41. The van der Waals surface area contributed by atoms with Crippen molar-refractivity contribution in [3.63, 3.8) is 0 Å². The molecule has 0 aliphatic rings. The van der Waals surface area contributed by atoms with Gasteiger partial charge >= 0.3 is 0 Å². The Kier molecular flexibility index (Phi) is 5.48. The number of anilines is 3. The Hall–Kier alpha value is -4.06.